The molecule has 0 radical (unpaired) electrons. The van der Waals surface area contributed by atoms with Gasteiger partial charge in [0.2, 0.25) is 5.79 Å². The molecule has 0 saturated heterocycles. The Balaban J connectivity index is 0.00000204. The molecule has 0 aliphatic carbocycles. The van der Waals surface area contributed by atoms with E-state index in [0.717, 1.165) is 42.4 Å². The Morgan fingerprint density at radius 3 is 2.31 bits per heavy atom. The second-order valence-corrected chi connectivity index (χ2v) is 7.85. The van der Waals surface area contributed by atoms with Gasteiger partial charge in [-0.2, -0.15) is 0 Å². The van der Waals surface area contributed by atoms with Crippen LogP contribution in [0, 0.1) is 6.92 Å². The van der Waals surface area contributed by atoms with Crippen LogP contribution in [0.4, 0.5) is 0 Å². The highest BCUT2D eigenvalue weighted by atomic mass is 31.2. The van der Waals surface area contributed by atoms with Gasteiger partial charge in [0.05, 0.1) is 5.56 Å². The number of hydrogen-bond acceptors (Lipinski definition) is 5. The second-order valence-electron chi connectivity index (χ2n) is 7.16. The maximum atomic E-state index is 10.7. The van der Waals surface area contributed by atoms with Crippen LogP contribution in [0.25, 0.3) is 11.1 Å². The molecule has 0 bridgehead atoms. The molecule has 29 heavy (non-hydrogen) atoms. The first-order valence-electron chi connectivity index (χ1n) is 10.2. The van der Waals surface area contributed by atoms with Crippen molar-refractivity contribution in [1.29, 1.82) is 0 Å². The molecule has 0 aromatic heterocycles. The molecule has 0 fully saturated rings. The molecule has 0 atom stereocenters. The number of aryl methyl sites for hydroxylation is 2. The molecule has 5 nitrogen and oxygen atoms in total. The zero-order valence-corrected chi connectivity index (χ0v) is 19.3. The zero-order valence-electron chi connectivity index (χ0n) is 18.4. The largest absolute Gasteiger partial charge is 0.507 e. The van der Waals surface area contributed by atoms with Crippen LogP contribution >= 0.6 is 8.60 Å². The molecule has 6 heteroatoms. The average molecular weight is 423 g/mol. The van der Waals surface area contributed by atoms with Crippen molar-refractivity contribution in [3.8, 4) is 22.6 Å². The van der Waals surface area contributed by atoms with E-state index >= 15 is 0 Å². The van der Waals surface area contributed by atoms with Crippen LogP contribution in [-0.4, -0.2) is 20.7 Å². The standard InChI is InChI=1S/C21H29O5P.C2H6/c1-5-6-7-10-16-13-18(22)20(17-11-8-9-15(2)12-17)19(14-16)25-21(3,4)26-27(23)24;1-2/h8-9,11-14,22-24H,5-7,10H2,1-4H3;1-2H3. The van der Waals surface area contributed by atoms with Gasteiger partial charge in [-0.05, 0) is 43.0 Å². The summed E-state index contributed by atoms with van der Waals surface area (Å²) in [5.74, 6) is -0.674. The van der Waals surface area contributed by atoms with Crippen LogP contribution in [0.5, 0.6) is 11.5 Å². The maximum absolute atomic E-state index is 10.7. The lowest BCUT2D eigenvalue weighted by Crippen LogP contribution is -2.30. The van der Waals surface area contributed by atoms with Gasteiger partial charge in [0.25, 0.3) is 0 Å². The van der Waals surface area contributed by atoms with Gasteiger partial charge in [-0.25, -0.2) is 0 Å². The zero-order chi connectivity index (χ0) is 22.0. The van der Waals surface area contributed by atoms with Gasteiger partial charge in [-0.15, -0.1) is 0 Å². The fourth-order valence-corrected chi connectivity index (χ4v) is 3.46. The third-order valence-electron chi connectivity index (χ3n) is 4.17. The first-order valence-corrected chi connectivity index (χ1v) is 11.4. The van der Waals surface area contributed by atoms with Crippen LogP contribution in [0.1, 0.15) is 65.0 Å². The van der Waals surface area contributed by atoms with E-state index in [2.05, 4.69) is 6.92 Å². The van der Waals surface area contributed by atoms with Crippen LogP contribution in [-0.2, 0) is 10.9 Å². The van der Waals surface area contributed by atoms with Crippen LogP contribution in [0.2, 0.25) is 0 Å². The van der Waals surface area contributed by atoms with Gasteiger partial charge in [0.1, 0.15) is 11.5 Å². The van der Waals surface area contributed by atoms with E-state index in [4.69, 9.17) is 9.26 Å². The highest BCUT2D eigenvalue weighted by Crippen LogP contribution is 2.43. The molecule has 162 valence electrons. The summed E-state index contributed by atoms with van der Waals surface area (Å²) in [6.45, 7) is 11.3. The van der Waals surface area contributed by atoms with Gasteiger partial charge in [0.15, 0.2) is 0 Å². The third-order valence-corrected chi connectivity index (χ3v) is 4.78. The van der Waals surface area contributed by atoms with E-state index < -0.39 is 14.4 Å². The molecule has 0 aliphatic rings. The number of phenols is 1. The first-order chi connectivity index (χ1) is 13.7. The molecular formula is C23H35O5P. The number of benzene rings is 2. The molecule has 0 saturated carbocycles. The minimum Gasteiger partial charge on any atom is -0.507 e. The van der Waals surface area contributed by atoms with E-state index in [0.29, 0.717) is 11.3 Å². The maximum Gasteiger partial charge on any atom is 0.330 e. The van der Waals surface area contributed by atoms with Crippen molar-refractivity contribution in [2.45, 2.75) is 73.0 Å². The van der Waals surface area contributed by atoms with Crippen molar-refractivity contribution in [3.63, 3.8) is 0 Å². The number of ether oxygens (including phenoxy) is 1. The first kappa shape index (κ1) is 25.4. The molecule has 0 amide bonds. The second kappa shape index (κ2) is 12.1. The van der Waals surface area contributed by atoms with Gasteiger partial charge in [-0.3, -0.25) is 4.52 Å². The van der Waals surface area contributed by atoms with E-state index in [1.807, 2.05) is 51.1 Å². The number of rotatable bonds is 9. The Labute approximate surface area is 176 Å². The predicted octanol–water partition coefficient (Wildman–Crippen LogP) is 6.47. The number of phenolic OH excluding ortho intramolecular Hbond substituents is 1. The summed E-state index contributed by atoms with van der Waals surface area (Å²) < 4.78 is 11.1. The van der Waals surface area contributed by atoms with Crippen molar-refractivity contribution >= 4 is 8.60 Å². The Kier molecular flexibility index (Phi) is 10.6. The van der Waals surface area contributed by atoms with E-state index in [9.17, 15) is 14.9 Å². The lowest BCUT2D eigenvalue weighted by atomic mass is 9.97. The summed E-state index contributed by atoms with van der Waals surface area (Å²) in [5, 5.41) is 10.7. The minimum atomic E-state index is -2.57. The molecule has 2 aromatic rings. The summed E-state index contributed by atoms with van der Waals surface area (Å²) >= 11 is 0. The topological polar surface area (TPSA) is 79.2 Å². The summed E-state index contributed by atoms with van der Waals surface area (Å²) in [7, 11) is -2.57. The summed E-state index contributed by atoms with van der Waals surface area (Å²) in [4.78, 5) is 18.4. The smallest absolute Gasteiger partial charge is 0.330 e. The fourth-order valence-electron chi connectivity index (χ4n) is 3.03. The minimum absolute atomic E-state index is 0.135. The lowest BCUT2D eigenvalue weighted by molar-refractivity contribution is -0.0865. The fraction of sp³-hybridized carbons (Fsp3) is 0.478. The van der Waals surface area contributed by atoms with E-state index in [-0.39, 0.29) is 5.75 Å². The van der Waals surface area contributed by atoms with Crippen LogP contribution < -0.4 is 4.74 Å². The molecule has 2 rings (SSSR count). The molecule has 0 aliphatic heterocycles. The van der Waals surface area contributed by atoms with Gasteiger partial charge >= 0.3 is 8.60 Å². The van der Waals surface area contributed by atoms with Crippen molar-refractivity contribution in [1.82, 2.24) is 0 Å². The normalized spacial score (nSPS) is 11.2. The third kappa shape index (κ3) is 8.31. The van der Waals surface area contributed by atoms with Crippen LogP contribution in [0.3, 0.4) is 0 Å². The number of aromatic hydroxyl groups is 1. The summed E-state index contributed by atoms with van der Waals surface area (Å²) in [6.07, 6.45) is 4.09. The Morgan fingerprint density at radius 1 is 1.03 bits per heavy atom. The molecule has 2 aromatic carbocycles. The predicted molar refractivity (Wildman–Crippen MR) is 120 cm³/mol. The highest BCUT2D eigenvalue weighted by molar-refractivity contribution is 7.39. The van der Waals surface area contributed by atoms with E-state index in [1.54, 1.807) is 19.9 Å². The SMILES string of the molecule is CC.CCCCCc1cc(O)c(-c2cccc(C)c2)c(OC(C)(C)OP(O)O)c1. The van der Waals surface area contributed by atoms with Gasteiger partial charge < -0.3 is 19.6 Å². The number of unbranched alkanes of at least 4 members (excludes halogenated alkanes) is 2. The quantitative estimate of drug-likeness (QED) is 0.245. The van der Waals surface area contributed by atoms with E-state index in [1.165, 1.54) is 0 Å². The molecule has 0 unspecified atom stereocenters. The monoisotopic (exact) mass is 422 g/mol. The number of hydrogen-bond donors (Lipinski definition) is 3. The molecular weight excluding hydrogens is 387 g/mol. The van der Waals surface area contributed by atoms with Crippen molar-refractivity contribution in [3.05, 3.63) is 47.5 Å². The van der Waals surface area contributed by atoms with Gasteiger partial charge in [-0.1, -0.05) is 63.4 Å². The summed E-state index contributed by atoms with van der Waals surface area (Å²) in [5.41, 5.74) is 3.43. The van der Waals surface area contributed by atoms with Crippen molar-refractivity contribution in [2.75, 3.05) is 0 Å². The average Bonchev–Trinajstić information content (AvgIpc) is 2.62. The van der Waals surface area contributed by atoms with Crippen molar-refractivity contribution in [2.24, 2.45) is 0 Å². The van der Waals surface area contributed by atoms with Crippen molar-refractivity contribution < 1.29 is 24.2 Å². The van der Waals surface area contributed by atoms with Crippen LogP contribution in [0.15, 0.2) is 36.4 Å². The molecule has 0 heterocycles. The lowest BCUT2D eigenvalue weighted by Gasteiger charge is -2.28. The Morgan fingerprint density at radius 2 is 1.72 bits per heavy atom. The van der Waals surface area contributed by atoms with Gasteiger partial charge in [0, 0.05) is 13.8 Å². The Bertz CT molecular complexity index is 759. The Hall–Kier alpha value is -1.65. The molecule has 0 spiro atoms. The molecule has 3 N–H and O–H groups in total. The highest BCUT2D eigenvalue weighted by Gasteiger charge is 2.27. The summed E-state index contributed by atoms with van der Waals surface area (Å²) in [6, 6.07) is 11.5.